The molecule has 2 heterocycles. The summed E-state index contributed by atoms with van der Waals surface area (Å²) in [5, 5.41) is 14.7. The molecule has 35 heavy (non-hydrogen) atoms. The van der Waals surface area contributed by atoms with Gasteiger partial charge < -0.3 is 4.90 Å². The third-order valence-electron chi connectivity index (χ3n) is 5.54. The van der Waals surface area contributed by atoms with Crippen molar-refractivity contribution in [1.82, 2.24) is 36.1 Å². The highest BCUT2D eigenvalue weighted by molar-refractivity contribution is 5.98. The number of nitrogens with one attached hydrogen (secondary N) is 2. The van der Waals surface area contributed by atoms with Crippen molar-refractivity contribution < 1.29 is 9.63 Å². The van der Waals surface area contributed by atoms with Crippen molar-refractivity contribution in [1.29, 1.82) is 0 Å². The molecule has 0 saturated carbocycles. The molecule has 0 bridgehead atoms. The number of hydrogen-bond donors (Lipinski definition) is 2. The van der Waals surface area contributed by atoms with Gasteiger partial charge in [-0.25, -0.2) is 15.4 Å². The summed E-state index contributed by atoms with van der Waals surface area (Å²) in [6.07, 6.45) is 3.48. The lowest BCUT2D eigenvalue weighted by Crippen LogP contribution is -2.30. The van der Waals surface area contributed by atoms with Crippen molar-refractivity contribution in [3.8, 4) is 22.5 Å². The van der Waals surface area contributed by atoms with Crippen molar-refractivity contribution in [3.63, 3.8) is 0 Å². The van der Waals surface area contributed by atoms with Crippen molar-refractivity contribution in [2.75, 3.05) is 18.6 Å². The maximum Gasteiger partial charge on any atom is 0.280 e. The number of carbonyl (C=O) groups is 1. The SMILES string of the molecule is CCCCN(Cc1ccc(-c2ccccc2)c(-c2nn[nH]n2)c1)c1nc(C)ncc1C(=O)NOC. The third kappa shape index (κ3) is 5.67. The molecule has 0 unspecified atom stereocenters. The monoisotopic (exact) mass is 472 g/mol. The average molecular weight is 473 g/mol. The summed E-state index contributed by atoms with van der Waals surface area (Å²) >= 11 is 0. The van der Waals surface area contributed by atoms with Gasteiger partial charge in [0.05, 0.1) is 7.11 Å². The summed E-state index contributed by atoms with van der Waals surface area (Å²) in [6.45, 7) is 5.19. The molecule has 0 spiro atoms. The first kappa shape index (κ1) is 24.0. The predicted molar refractivity (Wildman–Crippen MR) is 132 cm³/mol. The summed E-state index contributed by atoms with van der Waals surface area (Å²) in [5.74, 6) is 1.27. The molecule has 2 aromatic heterocycles. The fourth-order valence-corrected chi connectivity index (χ4v) is 3.86. The number of rotatable bonds is 10. The number of tetrazole rings is 1. The van der Waals surface area contributed by atoms with Crippen LogP contribution in [0, 0.1) is 6.92 Å². The molecule has 0 saturated heterocycles. The second kappa shape index (κ2) is 11.3. The Labute approximate surface area is 203 Å². The van der Waals surface area contributed by atoms with Gasteiger partial charge in [-0.2, -0.15) is 5.21 Å². The molecule has 2 N–H and O–H groups in total. The minimum atomic E-state index is -0.393. The summed E-state index contributed by atoms with van der Waals surface area (Å²) in [4.78, 5) is 28.4. The first-order chi connectivity index (χ1) is 17.1. The second-order valence-corrected chi connectivity index (χ2v) is 8.05. The Balaban J connectivity index is 1.75. The van der Waals surface area contributed by atoms with E-state index in [0.717, 1.165) is 41.6 Å². The Morgan fingerprint density at radius 2 is 1.97 bits per heavy atom. The minimum absolute atomic E-state index is 0.354. The Bertz CT molecular complexity index is 1260. The number of H-pyrrole nitrogens is 1. The van der Waals surface area contributed by atoms with E-state index in [2.05, 4.69) is 78.2 Å². The highest BCUT2D eigenvalue weighted by Crippen LogP contribution is 2.32. The van der Waals surface area contributed by atoms with E-state index >= 15 is 0 Å². The Morgan fingerprint density at radius 3 is 2.69 bits per heavy atom. The fraction of sp³-hybridized carbons (Fsp3) is 0.280. The molecule has 0 radical (unpaired) electrons. The number of carbonyl (C=O) groups excluding carboxylic acids is 1. The average Bonchev–Trinajstić information content (AvgIpc) is 3.42. The molecule has 0 aliphatic carbocycles. The molecule has 10 heteroatoms. The minimum Gasteiger partial charge on any atom is -0.352 e. The van der Waals surface area contributed by atoms with E-state index in [1.54, 1.807) is 0 Å². The van der Waals surface area contributed by atoms with Crippen LogP contribution < -0.4 is 10.4 Å². The van der Waals surface area contributed by atoms with Crippen molar-refractivity contribution in [3.05, 3.63) is 71.7 Å². The number of aromatic nitrogens is 6. The van der Waals surface area contributed by atoms with Gasteiger partial charge in [0.1, 0.15) is 17.2 Å². The lowest BCUT2D eigenvalue weighted by molar-refractivity contribution is 0.0537. The quantitative estimate of drug-likeness (QED) is 0.335. The molecule has 180 valence electrons. The number of hydrogen-bond acceptors (Lipinski definition) is 8. The van der Waals surface area contributed by atoms with Crippen LogP contribution in [-0.4, -0.2) is 50.2 Å². The highest BCUT2D eigenvalue weighted by atomic mass is 16.6. The van der Waals surface area contributed by atoms with Crippen LogP contribution in [0.4, 0.5) is 5.82 Å². The molecule has 4 aromatic rings. The first-order valence-electron chi connectivity index (χ1n) is 11.4. The standard InChI is InChI=1S/C25H28N8O2/c1-4-5-13-33(24-22(25(34)30-35-3)15-26-17(2)27-24)16-18-11-12-20(19-9-7-6-8-10-19)21(14-18)23-28-31-32-29-23/h6-12,14-15H,4-5,13,16H2,1-3H3,(H,30,34)(H,28,29,31,32). The number of hydroxylamine groups is 1. The van der Waals surface area contributed by atoms with E-state index in [4.69, 9.17) is 4.84 Å². The molecule has 0 fully saturated rings. The van der Waals surface area contributed by atoms with E-state index in [0.29, 0.717) is 29.6 Å². The van der Waals surface area contributed by atoms with Crippen molar-refractivity contribution in [2.45, 2.75) is 33.2 Å². The van der Waals surface area contributed by atoms with Gasteiger partial charge in [-0.15, -0.1) is 10.2 Å². The van der Waals surface area contributed by atoms with Gasteiger partial charge >= 0.3 is 0 Å². The van der Waals surface area contributed by atoms with Gasteiger partial charge in [-0.3, -0.25) is 9.63 Å². The van der Waals surface area contributed by atoms with Gasteiger partial charge in [0.25, 0.3) is 5.91 Å². The zero-order valence-electron chi connectivity index (χ0n) is 20.0. The number of nitrogens with zero attached hydrogens (tertiary/aromatic N) is 6. The smallest absolute Gasteiger partial charge is 0.280 e. The summed E-state index contributed by atoms with van der Waals surface area (Å²) in [7, 11) is 1.40. The predicted octanol–water partition coefficient (Wildman–Crippen LogP) is 3.73. The molecular weight excluding hydrogens is 444 g/mol. The van der Waals surface area contributed by atoms with E-state index in [1.165, 1.54) is 13.3 Å². The number of unbranched alkanes of at least 4 members (excludes halogenated alkanes) is 1. The molecule has 0 aliphatic heterocycles. The van der Waals surface area contributed by atoms with E-state index in [1.807, 2.05) is 25.1 Å². The highest BCUT2D eigenvalue weighted by Gasteiger charge is 2.21. The van der Waals surface area contributed by atoms with Crippen LogP contribution >= 0.6 is 0 Å². The van der Waals surface area contributed by atoms with Crippen LogP contribution in [-0.2, 0) is 11.4 Å². The van der Waals surface area contributed by atoms with Crippen LogP contribution in [0.15, 0.2) is 54.7 Å². The molecule has 1 amide bonds. The summed E-state index contributed by atoms with van der Waals surface area (Å²) in [5.41, 5.74) is 6.69. The second-order valence-electron chi connectivity index (χ2n) is 8.05. The maximum absolute atomic E-state index is 12.6. The first-order valence-corrected chi connectivity index (χ1v) is 11.4. The third-order valence-corrected chi connectivity index (χ3v) is 5.54. The number of benzene rings is 2. The topological polar surface area (TPSA) is 122 Å². The van der Waals surface area contributed by atoms with Gasteiger partial charge in [-0.05, 0) is 41.3 Å². The van der Waals surface area contributed by atoms with E-state index < -0.39 is 5.91 Å². The molecule has 2 aromatic carbocycles. The number of anilines is 1. The Morgan fingerprint density at radius 1 is 1.14 bits per heavy atom. The van der Waals surface area contributed by atoms with Crippen LogP contribution in [0.25, 0.3) is 22.5 Å². The molecule has 4 rings (SSSR count). The zero-order valence-corrected chi connectivity index (χ0v) is 20.0. The van der Waals surface area contributed by atoms with Crippen molar-refractivity contribution in [2.24, 2.45) is 0 Å². The normalized spacial score (nSPS) is 10.8. The number of aromatic amines is 1. The maximum atomic E-state index is 12.6. The lowest BCUT2D eigenvalue weighted by Gasteiger charge is -2.26. The largest absolute Gasteiger partial charge is 0.352 e. The number of amides is 1. The molecule has 10 nitrogen and oxygen atoms in total. The lowest BCUT2D eigenvalue weighted by atomic mass is 9.97. The van der Waals surface area contributed by atoms with Crippen LogP contribution in [0.5, 0.6) is 0 Å². The van der Waals surface area contributed by atoms with Crippen LogP contribution in [0.3, 0.4) is 0 Å². The Kier molecular flexibility index (Phi) is 7.74. The van der Waals surface area contributed by atoms with Crippen LogP contribution in [0.2, 0.25) is 0 Å². The molecule has 0 aliphatic rings. The van der Waals surface area contributed by atoms with Gasteiger partial charge in [0, 0.05) is 24.8 Å². The van der Waals surface area contributed by atoms with E-state index in [-0.39, 0.29) is 0 Å². The summed E-state index contributed by atoms with van der Waals surface area (Å²) < 4.78 is 0. The van der Waals surface area contributed by atoms with Crippen LogP contribution in [0.1, 0.15) is 41.5 Å². The van der Waals surface area contributed by atoms with Gasteiger partial charge in [0.15, 0.2) is 0 Å². The van der Waals surface area contributed by atoms with Gasteiger partial charge in [0.2, 0.25) is 5.82 Å². The van der Waals surface area contributed by atoms with Crippen molar-refractivity contribution >= 4 is 11.7 Å². The van der Waals surface area contributed by atoms with Gasteiger partial charge in [-0.1, -0.05) is 55.8 Å². The summed E-state index contributed by atoms with van der Waals surface area (Å²) in [6, 6.07) is 16.3. The van der Waals surface area contributed by atoms with E-state index in [9.17, 15) is 4.79 Å². The Hall–Kier alpha value is -4.18. The number of aryl methyl sites for hydroxylation is 1. The zero-order chi connectivity index (χ0) is 24.6. The molecule has 0 atom stereocenters. The molecular formula is C25H28N8O2. The fourth-order valence-electron chi connectivity index (χ4n) is 3.86.